The predicted octanol–water partition coefficient (Wildman–Crippen LogP) is 3.00. The van der Waals surface area contributed by atoms with E-state index in [9.17, 15) is 9.90 Å². The van der Waals surface area contributed by atoms with Crippen LogP contribution in [0.25, 0.3) is 0 Å². The van der Waals surface area contributed by atoms with Crippen LogP contribution in [0.2, 0.25) is 5.02 Å². The van der Waals surface area contributed by atoms with Gasteiger partial charge in [0.05, 0.1) is 11.1 Å². The Hall–Kier alpha value is -1.42. The first-order valence-electron chi connectivity index (χ1n) is 4.46. The van der Waals surface area contributed by atoms with E-state index in [0.717, 1.165) is 0 Å². The summed E-state index contributed by atoms with van der Waals surface area (Å²) in [6.45, 7) is 3.46. The summed E-state index contributed by atoms with van der Waals surface area (Å²) < 4.78 is 4.84. The molecule has 1 rings (SSSR count). The highest BCUT2D eigenvalue weighted by atomic mass is 35.5. The summed E-state index contributed by atoms with van der Waals surface area (Å²) in [6.07, 6.45) is -0.872. The number of para-hydroxylation sites is 1. The van der Waals surface area contributed by atoms with Crippen molar-refractivity contribution in [2.75, 3.05) is 5.32 Å². The van der Waals surface area contributed by atoms with Gasteiger partial charge in [-0.3, -0.25) is 5.32 Å². The third kappa shape index (κ3) is 3.32. The van der Waals surface area contributed by atoms with E-state index in [1.165, 1.54) is 6.07 Å². The van der Waals surface area contributed by atoms with Gasteiger partial charge in [-0.25, -0.2) is 4.79 Å². The average molecular weight is 230 g/mol. The van der Waals surface area contributed by atoms with E-state index >= 15 is 0 Å². The molecule has 0 unspecified atom stereocenters. The van der Waals surface area contributed by atoms with Crippen LogP contribution in [0.4, 0.5) is 10.5 Å². The van der Waals surface area contributed by atoms with Crippen LogP contribution < -0.4 is 5.32 Å². The van der Waals surface area contributed by atoms with Gasteiger partial charge in [-0.05, 0) is 26.0 Å². The van der Waals surface area contributed by atoms with Crippen LogP contribution in [0.3, 0.4) is 0 Å². The van der Waals surface area contributed by atoms with Crippen molar-refractivity contribution < 1.29 is 14.6 Å². The van der Waals surface area contributed by atoms with E-state index in [1.807, 2.05) is 0 Å². The molecule has 0 aliphatic heterocycles. The zero-order chi connectivity index (χ0) is 11.4. The summed E-state index contributed by atoms with van der Waals surface area (Å²) in [4.78, 5) is 11.2. The van der Waals surface area contributed by atoms with Crippen molar-refractivity contribution in [1.82, 2.24) is 0 Å². The largest absolute Gasteiger partial charge is 0.506 e. The first kappa shape index (κ1) is 11.7. The van der Waals surface area contributed by atoms with Crippen molar-refractivity contribution >= 4 is 23.4 Å². The van der Waals surface area contributed by atoms with Crippen molar-refractivity contribution in [3.05, 3.63) is 23.2 Å². The molecule has 0 spiro atoms. The highest BCUT2D eigenvalue weighted by Crippen LogP contribution is 2.30. The Balaban J connectivity index is 2.76. The number of anilines is 1. The Morgan fingerprint density at radius 1 is 1.53 bits per heavy atom. The van der Waals surface area contributed by atoms with Crippen LogP contribution in [0.5, 0.6) is 5.75 Å². The standard InChI is InChI=1S/C10H12ClNO3/c1-6(2)15-10(14)12-9-7(11)4-3-5-8(9)13/h3-6,13H,1-2H3,(H,12,14). The highest BCUT2D eigenvalue weighted by molar-refractivity contribution is 6.34. The molecule has 0 bridgehead atoms. The van der Waals surface area contributed by atoms with Crippen molar-refractivity contribution in [3.8, 4) is 5.75 Å². The lowest BCUT2D eigenvalue weighted by Crippen LogP contribution is -2.18. The number of rotatable bonds is 2. The number of phenols is 1. The maximum atomic E-state index is 11.2. The SMILES string of the molecule is CC(C)OC(=O)Nc1c(O)cccc1Cl. The van der Waals surface area contributed by atoms with Crippen LogP contribution in [0, 0.1) is 0 Å². The summed E-state index contributed by atoms with van der Waals surface area (Å²) in [6, 6.07) is 4.57. The van der Waals surface area contributed by atoms with Crippen LogP contribution in [-0.2, 0) is 4.74 Å². The normalized spacial score (nSPS) is 10.1. The van der Waals surface area contributed by atoms with Crippen molar-refractivity contribution in [1.29, 1.82) is 0 Å². The molecule has 0 fully saturated rings. The van der Waals surface area contributed by atoms with Crippen molar-refractivity contribution in [2.24, 2.45) is 0 Å². The van der Waals surface area contributed by atoms with Gasteiger partial charge in [-0.15, -0.1) is 0 Å². The van der Waals surface area contributed by atoms with Gasteiger partial charge in [-0.1, -0.05) is 17.7 Å². The Labute approximate surface area is 92.8 Å². The summed E-state index contributed by atoms with van der Waals surface area (Å²) >= 11 is 5.78. The Morgan fingerprint density at radius 2 is 2.20 bits per heavy atom. The molecule has 0 heterocycles. The van der Waals surface area contributed by atoms with Crippen LogP contribution in [0.1, 0.15) is 13.8 Å². The van der Waals surface area contributed by atoms with Crippen LogP contribution in [0.15, 0.2) is 18.2 Å². The fraction of sp³-hybridized carbons (Fsp3) is 0.300. The van der Waals surface area contributed by atoms with E-state index in [-0.39, 0.29) is 22.6 Å². The summed E-state index contributed by atoms with van der Waals surface area (Å²) in [7, 11) is 0. The topological polar surface area (TPSA) is 58.6 Å². The van der Waals surface area contributed by atoms with Gasteiger partial charge in [0.2, 0.25) is 0 Å². The predicted molar refractivity (Wildman–Crippen MR) is 58.4 cm³/mol. The smallest absolute Gasteiger partial charge is 0.412 e. The third-order valence-corrected chi connectivity index (χ3v) is 1.88. The molecule has 0 aliphatic rings. The lowest BCUT2D eigenvalue weighted by molar-refractivity contribution is 0.130. The second-order valence-electron chi connectivity index (χ2n) is 3.21. The minimum Gasteiger partial charge on any atom is -0.506 e. The number of carbonyl (C=O) groups excluding carboxylic acids is 1. The molecule has 4 nitrogen and oxygen atoms in total. The number of aromatic hydroxyl groups is 1. The second kappa shape index (κ2) is 4.89. The van der Waals surface area contributed by atoms with Gasteiger partial charge in [0.15, 0.2) is 0 Å². The van der Waals surface area contributed by atoms with Crippen LogP contribution in [-0.4, -0.2) is 17.3 Å². The zero-order valence-corrected chi connectivity index (χ0v) is 9.21. The molecule has 0 saturated heterocycles. The number of hydrogen-bond donors (Lipinski definition) is 2. The molecular formula is C10H12ClNO3. The lowest BCUT2D eigenvalue weighted by Gasteiger charge is -2.11. The van der Waals surface area contributed by atoms with Gasteiger partial charge in [0.25, 0.3) is 0 Å². The highest BCUT2D eigenvalue weighted by Gasteiger charge is 2.11. The number of carbonyl (C=O) groups is 1. The van der Waals surface area contributed by atoms with Gasteiger partial charge in [-0.2, -0.15) is 0 Å². The minimum atomic E-state index is -0.645. The zero-order valence-electron chi connectivity index (χ0n) is 8.45. The maximum Gasteiger partial charge on any atom is 0.412 e. The molecule has 1 aromatic carbocycles. The molecule has 0 atom stereocenters. The van der Waals surface area contributed by atoms with E-state index in [1.54, 1.807) is 26.0 Å². The molecule has 1 amide bonds. The van der Waals surface area contributed by atoms with Gasteiger partial charge >= 0.3 is 6.09 Å². The monoisotopic (exact) mass is 229 g/mol. The van der Waals surface area contributed by atoms with E-state index < -0.39 is 6.09 Å². The van der Waals surface area contributed by atoms with Crippen molar-refractivity contribution in [3.63, 3.8) is 0 Å². The number of phenolic OH excluding ortho intramolecular Hbond substituents is 1. The maximum absolute atomic E-state index is 11.2. The fourth-order valence-corrected chi connectivity index (χ4v) is 1.20. The van der Waals surface area contributed by atoms with Gasteiger partial charge in [0.1, 0.15) is 11.4 Å². The van der Waals surface area contributed by atoms with Crippen LogP contribution >= 0.6 is 11.6 Å². The number of benzene rings is 1. The van der Waals surface area contributed by atoms with Gasteiger partial charge < -0.3 is 9.84 Å². The molecular weight excluding hydrogens is 218 g/mol. The molecule has 82 valence electrons. The number of nitrogens with one attached hydrogen (secondary N) is 1. The molecule has 5 heteroatoms. The quantitative estimate of drug-likeness (QED) is 0.767. The molecule has 0 aromatic heterocycles. The minimum absolute atomic E-state index is 0.0943. The number of hydrogen-bond acceptors (Lipinski definition) is 3. The van der Waals surface area contributed by atoms with E-state index in [0.29, 0.717) is 0 Å². The molecule has 2 N–H and O–H groups in total. The Morgan fingerprint density at radius 3 is 2.73 bits per heavy atom. The first-order chi connectivity index (χ1) is 7.00. The fourth-order valence-electron chi connectivity index (χ4n) is 0.982. The third-order valence-electron chi connectivity index (χ3n) is 1.56. The number of halogens is 1. The summed E-state index contributed by atoms with van der Waals surface area (Å²) in [5.74, 6) is -0.0943. The molecule has 1 aromatic rings. The van der Waals surface area contributed by atoms with Gasteiger partial charge in [0, 0.05) is 0 Å². The summed E-state index contributed by atoms with van der Waals surface area (Å²) in [5.41, 5.74) is 0.157. The second-order valence-corrected chi connectivity index (χ2v) is 3.62. The van der Waals surface area contributed by atoms with Crippen molar-refractivity contribution in [2.45, 2.75) is 20.0 Å². The first-order valence-corrected chi connectivity index (χ1v) is 4.83. The average Bonchev–Trinajstić information content (AvgIpc) is 2.10. The Kier molecular flexibility index (Phi) is 3.80. The number of ether oxygens (including phenoxy) is 1. The Bertz CT molecular complexity index is 345. The van der Waals surface area contributed by atoms with E-state index in [2.05, 4.69) is 5.32 Å². The molecule has 0 saturated carbocycles. The number of amides is 1. The van der Waals surface area contributed by atoms with E-state index in [4.69, 9.17) is 16.3 Å². The summed E-state index contributed by atoms with van der Waals surface area (Å²) in [5, 5.41) is 12.0. The molecule has 0 radical (unpaired) electrons. The molecule has 0 aliphatic carbocycles. The lowest BCUT2D eigenvalue weighted by atomic mass is 10.3. The molecule has 15 heavy (non-hydrogen) atoms.